The maximum absolute atomic E-state index is 5.12. The van der Waals surface area contributed by atoms with Crippen LogP contribution >= 0.6 is 0 Å². The van der Waals surface area contributed by atoms with Crippen LogP contribution < -0.4 is 5.62 Å². The van der Waals surface area contributed by atoms with E-state index in [0.29, 0.717) is 6.04 Å². The highest BCUT2D eigenvalue weighted by Gasteiger charge is 2.18. The predicted molar refractivity (Wildman–Crippen MR) is 113 cm³/mol. The summed E-state index contributed by atoms with van der Waals surface area (Å²) in [5.74, 6) is 0. The van der Waals surface area contributed by atoms with Gasteiger partial charge in [-0.05, 0) is 44.0 Å². The van der Waals surface area contributed by atoms with Crippen LogP contribution in [0.4, 0.5) is 0 Å². The third kappa shape index (κ3) is 3.09. The van der Waals surface area contributed by atoms with Gasteiger partial charge in [-0.2, -0.15) is 0 Å². The maximum atomic E-state index is 5.12. The molecule has 1 fully saturated rings. The molecule has 28 heavy (non-hydrogen) atoms. The highest BCUT2D eigenvalue weighted by molar-refractivity contribution is 5.88. The average molecular weight is 368 g/mol. The molecule has 1 saturated carbocycles. The van der Waals surface area contributed by atoms with Crippen molar-refractivity contribution < 1.29 is 0 Å². The Balaban J connectivity index is 1.83. The fourth-order valence-electron chi connectivity index (χ4n) is 4.25. The molecule has 140 valence electrons. The van der Waals surface area contributed by atoms with Crippen molar-refractivity contribution in [1.82, 2.24) is 14.5 Å². The van der Waals surface area contributed by atoms with E-state index in [4.69, 9.17) is 15.0 Å². The lowest BCUT2D eigenvalue weighted by Gasteiger charge is -2.17. The molecule has 2 aliphatic carbocycles. The number of benzene rings is 1. The van der Waals surface area contributed by atoms with Gasteiger partial charge in [0.05, 0.1) is 28.6 Å². The largest absolute Gasteiger partial charge is 0.277 e. The molecular formula is C24H24N4. The summed E-state index contributed by atoms with van der Waals surface area (Å²) in [5.41, 5.74) is 5.96. The average Bonchev–Trinajstić information content (AvgIpc) is 2.88. The summed E-state index contributed by atoms with van der Waals surface area (Å²) in [4.78, 5) is 14.8. The zero-order valence-electron chi connectivity index (χ0n) is 16.2. The van der Waals surface area contributed by atoms with E-state index in [-0.39, 0.29) is 0 Å². The van der Waals surface area contributed by atoms with Crippen LogP contribution in [0.1, 0.15) is 37.8 Å². The first-order valence-electron chi connectivity index (χ1n) is 10.2. The molecular weight excluding hydrogens is 344 g/mol. The van der Waals surface area contributed by atoms with Gasteiger partial charge in [0, 0.05) is 11.1 Å². The fourth-order valence-corrected chi connectivity index (χ4v) is 4.25. The number of aromatic nitrogens is 3. The third-order valence-corrected chi connectivity index (χ3v) is 5.59. The van der Waals surface area contributed by atoms with Gasteiger partial charge in [-0.25, -0.2) is 9.98 Å². The van der Waals surface area contributed by atoms with E-state index in [9.17, 15) is 0 Å². The molecule has 1 aromatic heterocycles. The molecule has 0 bridgehead atoms. The van der Waals surface area contributed by atoms with Crippen LogP contribution in [-0.4, -0.2) is 20.6 Å². The standard InChI is InChI=1S/C24H24N4/c1-17-16-23(19-12-8-9-13-20(19)25-17)28-22-15-7-3-6-14-21(22)27-24(28)26-18-10-4-2-5-11-18/h3,6-9,12-16,18H,2,4-5,10-11H2,1H3. The summed E-state index contributed by atoms with van der Waals surface area (Å²) in [6.07, 6.45) is 6.17. The van der Waals surface area contributed by atoms with E-state index < -0.39 is 0 Å². The number of imidazole rings is 1. The van der Waals surface area contributed by atoms with Crippen molar-refractivity contribution in [2.24, 2.45) is 4.99 Å². The van der Waals surface area contributed by atoms with Crippen LogP contribution in [0.5, 0.6) is 0 Å². The van der Waals surface area contributed by atoms with E-state index in [0.717, 1.165) is 52.1 Å². The Morgan fingerprint density at radius 3 is 2.57 bits per heavy atom. The number of rotatable bonds is 2. The lowest BCUT2D eigenvalue weighted by atomic mass is 9.96. The van der Waals surface area contributed by atoms with E-state index in [1.807, 2.05) is 25.1 Å². The van der Waals surface area contributed by atoms with E-state index in [1.54, 1.807) is 0 Å². The fraction of sp³-hybridized carbons (Fsp3) is 0.292. The van der Waals surface area contributed by atoms with Crippen LogP contribution in [0.2, 0.25) is 0 Å². The molecule has 4 nitrogen and oxygen atoms in total. The topological polar surface area (TPSA) is 43.1 Å². The van der Waals surface area contributed by atoms with Crippen molar-refractivity contribution in [1.29, 1.82) is 0 Å². The van der Waals surface area contributed by atoms with Crippen LogP contribution in [-0.2, 0) is 0 Å². The second-order valence-corrected chi connectivity index (χ2v) is 7.65. The molecule has 2 aromatic rings. The van der Waals surface area contributed by atoms with Crippen molar-refractivity contribution in [3.05, 3.63) is 72.0 Å². The molecule has 3 aliphatic rings. The minimum absolute atomic E-state index is 0.368. The molecule has 2 heterocycles. The van der Waals surface area contributed by atoms with Gasteiger partial charge in [-0.3, -0.25) is 9.55 Å². The van der Waals surface area contributed by atoms with Crippen LogP contribution in [0, 0.1) is 6.92 Å². The molecule has 0 unspecified atom stereocenters. The predicted octanol–water partition coefficient (Wildman–Crippen LogP) is 5.07. The van der Waals surface area contributed by atoms with E-state index >= 15 is 0 Å². The van der Waals surface area contributed by atoms with Gasteiger partial charge in [0.1, 0.15) is 0 Å². The molecule has 0 saturated heterocycles. The van der Waals surface area contributed by atoms with Gasteiger partial charge >= 0.3 is 0 Å². The highest BCUT2D eigenvalue weighted by atomic mass is 15.2. The molecule has 0 spiro atoms. The second-order valence-electron chi connectivity index (χ2n) is 7.65. The van der Waals surface area contributed by atoms with Crippen molar-refractivity contribution in [3.8, 4) is 17.1 Å². The first-order valence-corrected chi connectivity index (χ1v) is 10.2. The summed E-state index contributed by atoms with van der Waals surface area (Å²) < 4.78 is 2.22. The minimum atomic E-state index is 0.368. The monoisotopic (exact) mass is 368 g/mol. The summed E-state index contributed by atoms with van der Waals surface area (Å²) in [6, 6.07) is 21.2. The van der Waals surface area contributed by atoms with Crippen LogP contribution in [0.3, 0.4) is 0 Å². The molecule has 0 amide bonds. The van der Waals surface area contributed by atoms with Gasteiger partial charge < -0.3 is 0 Å². The first kappa shape index (κ1) is 17.1. The molecule has 0 radical (unpaired) electrons. The smallest absolute Gasteiger partial charge is 0.230 e. The molecule has 1 aromatic carbocycles. The lowest BCUT2D eigenvalue weighted by molar-refractivity contribution is 0.433. The summed E-state index contributed by atoms with van der Waals surface area (Å²) in [5, 5.41) is 1.12. The first-order chi connectivity index (χ1) is 13.8. The number of aryl methyl sites for hydroxylation is 1. The number of hydrogen-bond donors (Lipinski definition) is 0. The van der Waals surface area contributed by atoms with E-state index in [2.05, 4.69) is 47.0 Å². The Morgan fingerprint density at radius 1 is 0.893 bits per heavy atom. The SMILES string of the molecule is Cc1cc(-n2c3cccccc-3nc2=NC2CCCCC2)c2ccccc2n1. The van der Waals surface area contributed by atoms with Gasteiger partial charge in [-0.1, -0.05) is 55.7 Å². The Labute approximate surface area is 165 Å². The van der Waals surface area contributed by atoms with Crippen molar-refractivity contribution in [2.75, 3.05) is 0 Å². The number of nitrogens with zero attached hydrogens (tertiary/aromatic N) is 4. The minimum Gasteiger partial charge on any atom is -0.277 e. The molecule has 0 N–H and O–H groups in total. The molecule has 1 aliphatic heterocycles. The highest BCUT2D eigenvalue weighted by Crippen LogP contribution is 2.27. The Kier molecular flexibility index (Phi) is 4.40. The molecule has 0 atom stereocenters. The number of pyridine rings is 1. The van der Waals surface area contributed by atoms with Gasteiger partial charge in [0.2, 0.25) is 5.62 Å². The maximum Gasteiger partial charge on any atom is 0.230 e. The molecule has 5 rings (SSSR count). The van der Waals surface area contributed by atoms with Crippen LogP contribution in [0.15, 0.2) is 65.7 Å². The van der Waals surface area contributed by atoms with Crippen molar-refractivity contribution in [3.63, 3.8) is 0 Å². The molecule has 4 heteroatoms. The third-order valence-electron chi connectivity index (χ3n) is 5.59. The second kappa shape index (κ2) is 7.19. The summed E-state index contributed by atoms with van der Waals surface area (Å²) >= 11 is 0. The summed E-state index contributed by atoms with van der Waals surface area (Å²) in [6.45, 7) is 2.05. The Morgan fingerprint density at radius 2 is 1.68 bits per heavy atom. The zero-order valence-corrected chi connectivity index (χ0v) is 16.2. The van der Waals surface area contributed by atoms with Gasteiger partial charge in [-0.15, -0.1) is 0 Å². The zero-order chi connectivity index (χ0) is 18.9. The Bertz CT molecular complexity index is 1170. The van der Waals surface area contributed by atoms with Gasteiger partial charge in [0.25, 0.3) is 0 Å². The van der Waals surface area contributed by atoms with E-state index in [1.165, 1.54) is 19.3 Å². The van der Waals surface area contributed by atoms with Crippen molar-refractivity contribution in [2.45, 2.75) is 45.1 Å². The Hall–Kier alpha value is -3.01. The quantitative estimate of drug-likeness (QED) is 0.496. The normalized spacial score (nSPS) is 16.1. The number of hydrogen-bond acceptors (Lipinski definition) is 3. The number of para-hydroxylation sites is 1. The van der Waals surface area contributed by atoms with Crippen molar-refractivity contribution >= 4 is 10.9 Å². The summed E-state index contributed by atoms with van der Waals surface area (Å²) in [7, 11) is 0. The van der Waals surface area contributed by atoms with Gasteiger partial charge in [0.15, 0.2) is 0 Å². The lowest BCUT2D eigenvalue weighted by Crippen LogP contribution is -2.22. The van der Waals surface area contributed by atoms with Crippen LogP contribution in [0.25, 0.3) is 28.0 Å². The number of fused-ring (bicyclic) bond motifs is 2.